The molecule has 0 saturated carbocycles. The van der Waals surface area contributed by atoms with E-state index in [1.165, 1.54) is 0 Å². The first-order valence-electron chi connectivity index (χ1n) is 5.04. The van der Waals surface area contributed by atoms with Crippen molar-refractivity contribution in [2.75, 3.05) is 13.2 Å². The molecular weight excluding hydrogens is 294 g/mol. The van der Waals surface area contributed by atoms with Gasteiger partial charge >= 0.3 is 4.45 Å². The van der Waals surface area contributed by atoms with E-state index in [1.807, 2.05) is 13.1 Å². The van der Waals surface area contributed by atoms with Crippen molar-refractivity contribution >= 4 is 24.2 Å². The zero-order chi connectivity index (χ0) is 13.2. The summed E-state index contributed by atoms with van der Waals surface area (Å²) >= 11 is 2.92. The van der Waals surface area contributed by atoms with Gasteiger partial charge in [0.2, 0.25) is 0 Å². The molecule has 5 nitrogen and oxygen atoms in total. The normalized spacial score (nSPS) is 16.9. The Bertz CT molecular complexity index is 267. The first kappa shape index (κ1) is 16.0. The van der Waals surface area contributed by atoms with Gasteiger partial charge in [-0.05, 0) is 18.1 Å². The molecule has 0 radical (unpaired) electrons. The second-order valence-electron chi connectivity index (χ2n) is 5.38. The summed E-state index contributed by atoms with van der Waals surface area (Å²) in [5.41, 5.74) is 0. The highest BCUT2D eigenvalue weighted by Gasteiger charge is 2.44. The quantitative estimate of drug-likeness (QED) is 0.278. The van der Waals surface area contributed by atoms with Crippen LogP contribution in [0.25, 0.3) is 0 Å². The van der Waals surface area contributed by atoms with E-state index in [4.69, 9.17) is 9.53 Å². The van der Waals surface area contributed by atoms with Crippen molar-refractivity contribution in [3.8, 4) is 0 Å². The van der Waals surface area contributed by atoms with Crippen LogP contribution in [-0.4, -0.2) is 36.0 Å². The minimum absolute atomic E-state index is 0.00698. The van der Waals surface area contributed by atoms with E-state index in [-0.39, 0.29) is 11.6 Å². The second kappa shape index (κ2) is 5.12. The van der Waals surface area contributed by atoms with E-state index in [0.29, 0.717) is 0 Å². The summed E-state index contributed by atoms with van der Waals surface area (Å²) in [6, 6.07) is 0. The van der Waals surface area contributed by atoms with Crippen LogP contribution in [0.1, 0.15) is 20.8 Å². The van der Waals surface area contributed by atoms with E-state index in [2.05, 4.69) is 36.7 Å². The third kappa shape index (κ3) is 3.79. The van der Waals surface area contributed by atoms with Crippen LogP contribution in [0.3, 0.4) is 0 Å². The molecule has 0 fully saturated rings. The number of hydrogen-bond acceptors (Lipinski definition) is 4. The van der Waals surface area contributed by atoms with Crippen LogP contribution in [0.2, 0.25) is 18.1 Å². The highest BCUT2D eigenvalue weighted by Crippen LogP contribution is 2.37. The third-order valence-corrected chi connectivity index (χ3v) is 8.28. The summed E-state index contributed by atoms with van der Waals surface area (Å²) in [5, 5.41) is 19.7. The fourth-order valence-corrected chi connectivity index (χ4v) is 2.02. The summed E-state index contributed by atoms with van der Waals surface area (Å²) < 4.78 is 4.12. The number of aliphatic hydroxyl groups excluding tert-OH is 1. The molecule has 0 aromatic carbocycles. The maximum Gasteiger partial charge on any atom is 0.318 e. The van der Waals surface area contributed by atoms with Gasteiger partial charge < -0.3 is 9.53 Å². The van der Waals surface area contributed by atoms with Gasteiger partial charge in [0.15, 0.2) is 8.32 Å². The van der Waals surface area contributed by atoms with Crippen molar-refractivity contribution < 1.29 is 14.5 Å². The first-order valence-corrected chi connectivity index (χ1v) is 8.75. The summed E-state index contributed by atoms with van der Waals surface area (Å²) in [4.78, 5) is 10.2. The molecule has 0 amide bonds. The summed E-state index contributed by atoms with van der Waals surface area (Å²) in [6.45, 7) is 9.48. The van der Waals surface area contributed by atoms with Gasteiger partial charge in [-0.2, -0.15) is 0 Å². The minimum Gasteiger partial charge on any atom is -0.408 e. The van der Waals surface area contributed by atoms with Crippen LogP contribution in [0.15, 0.2) is 0 Å². The highest BCUT2D eigenvalue weighted by molar-refractivity contribution is 9.10. The van der Waals surface area contributed by atoms with Crippen LogP contribution in [-0.2, 0) is 4.43 Å². The maximum atomic E-state index is 10.8. The Labute approximate surface area is 106 Å². The number of halogens is 1. The molecule has 0 aromatic heterocycles. The average molecular weight is 314 g/mol. The minimum atomic E-state index is -2.02. The SMILES string of the molecule is CC(C)(C)[Si](C)(C)OCC(Br)(CO)[N+](=O)[O-]. The van der Waals surface area contributed by atoms with Crippen molar-refractivity contribution in [1.82, 2.24) is 0 Å². The molecule has 96 valence electrons. The Hall–Kier alpha value is 0.0169. The van der Waals surface area contributed by atoms with Gasteiger partial charge in [-0.1, -0.05) is 20.8 Å². The van der Waals surface area contributed by atoms with Crippen molar-refractivity contribution in [1.29, 1.82) is 0 Å². The van der Waals surface area contributed by atoms with Gasteiger partial charge in [0, 0.05) is 20.9 Å². The fourth-order valence-electron chi connectivity index (χ4n) is 0.664. The molecule has 7 heteroatoms. The van der Waals surface area contributed by atoms with E-state index >= 15 is 0 Å². The Morgan fingerprint density at radius 1 is 1.44 bits per heavy atom. The summed E-state index contributed by atoms with van der Waals surface area (Å²) in [7, 11) is -2.02. The second-order valence-corrected chi connectivity index (χ2v) is 11.7. The molecule has 0 rings (SSSR count). The number of alkyl halides is 1. The lowest BCUT2D eigenvalue weighted by Crippen LogP contribution is -2.48. The van der Waals surface area contributed by atoms with E-state index < -0.39 is 24.3 Å². The van der Waals surface area contributed by atoms with Gasteiger partial charge in [-0.25, -0.2) is 0 Å². The van der Waals surface area contributed by atoms with E-state index in [1.54, 1.807) is 0 Å². The molecule has 1 atom stereocenters. The Kier molecular flexibility index (Phi) is 5.12. The van der Waals surface area contributed by atoms with Crippen molar-refractivity contribution in [2.45, 2.75) is 43.4 Å². The molecule has 1 unspecified atom stereocenters. The fraction of sp³-hybridized carbons (Fsp3) is 1.00. The Balaban J connectivity index is 4.62. The molecule has 0 heterocycles. The van der Waals surface area contributed by atoms with Crippen LogP contribution in [0, 0.1) is 10.1 Å². The standard InChI is InChI=1S/C9H20BrNO4Si/c1-8(2,3)16(4,5)15-7-9(10,6-12)11(13)14/h12H,6-7H2,1-5H3. The van der Waals surface area contributed by atoms with Crippen LogP contribution in [0.4, 0.5) is 0 Å². The molecule has 0 aliphatic carbocycles. The summed E-state index contributed by atoms with van der Waals surface area (Å²) in [5.74, 6) is 0. The number of aliphatic hydroxyl groups is 1. The topological polar surface area (TPSA) is 72.6 Å². The number of hydrogen-bond donors (Lipinski definition) is 1. The molecule has 0 aliphatic heterocycles. The van der Waals surface area contributed by atoms with Gasteiger partial charge in [0.25, 0.3) is 0 Å². The Morgan fingerprint density at radius 3 is 2.12 bits per heavy atom. The smallest absolute Gasteiger partial charge is 0.318 e. The number of nitrogens with zero attached hydrogens (tertiary/aromatic N) is 1. The van der Waals surface area contributed by atoms with Crippen molar-refractivity contribution in [3.05, 3.63) is 10.1 Å². The zero-order valence-corrected chi connectivity index (χ0v) is 13.0. The van der Waals surface area contributed by atoms with Crippen LogP contribution >= 0.6 is 15.9 Å². The van der Waals surface area contributed by atoms with Gasteiger partial charge in [0.1, 0.15) is 13.2 Å². The molecule has 16 heavy (non-hydrogen) atoms. The Morgan fingerprint density at radius 2 is 1.88 bits per heavy atom. The van der Waals surface area contributed by atoms with E-state index in [0.717, 1.165) is 0 Å². The van der Waals surface area contributed by atoms with Gasteiger partial charge in [-0.15, -0.1) is 0 Å². The highest BCUT2D eigenvalue weighted by atomic mass is 79.9. The lowest BCUT2D eigenvalue weighted by molar-refractivity contribution is -0.541. The first-order chi connectivity index (χ1) is 6.96. The summed E-state index contributed by atoms with van der Waals surface area (Å²) in [6.07, 6.45) is 0. The monoisotopic (exact) mass is 313 g/mol. The van der Waals surface area contributed by atoms with Crippen molar-refractivity contribution in [3.63, 3.8) is 0 Å². The molecule has 0 saturated heterocycles. The maximum absolute atomic E-state index is 10.8. The molecule has 1 N–H and O–H groups in total. The van der Waals surface area contributed by atoms with Crippen molar-refractivity contribution in [2.24, 2.45) is 0 Å². The predicted molar refractivity (Wildman–Crippen MR) is 68.9 cm³/mol. The lowest BCUT2D eigenvalue weighted by Gasteiger charge is -2.37. The average Bonchev–Trinajstić information content (AvgIpc) is 2.12. The molecule has 0 aromatic rings. The van der Waals surface area contributed by atoms with Gasteiger partial charge in [0.05, 0.1) is 0 Å². The predicted octanol–water partition coefficient (Wildman–Crippen LogP) is 2.37. The molecule has 0 aliphatic rings. The zero-order valence-electron chi connectivity index (χ0n) is 10.4. The van der Waals surface area contributed by atoms with Gasteiger partial charge in [-0.3, -0.25) is 10.1 Å². The van der Waals surface area contributed by atoms with E-state index in [9.17, 15) is 10.1 Å². The molecule has 0 bridgehead atoms. The third-order valence-electron chi connectivity index (χ3n) is 3.03. The largest absolute Gasteiger partial charge is 0.408 e. The number of rotatable bonds is 5. The molecule has 0 spiro atoms. The lowest BCUT2D eigenvalue weighted by atomic mass is 10.2. The van der Waals surface area contributed by atoms with Crippen LogP contribution in [0.5, 0.6) is 0 Å². The van der Waals surface area contributed by atoms with Crippen LogP contribution < -0.4 is 0 Å². The number of nitro groups is 1. The molecular formula is C9H20BrNO4Si.